The van der Waals surface area contributed by atoms with Gasteiger partial charge in [0.2, 0.25) is 0 Å². The van der Waals surface area contributed by atoms with Gasteiger partial charge in [-0.1, -0.05) is 65.0 Å². The molecule has 2 radical (unpaired) electrons. The summed E-state index contributed by atoms with van der Waals surface area (Å²) < 4.78 is 0. The van der Waals surface area contributed by atoms with Crippen molar-refractivity contribution in [3.63, 3.8) is 0 Å². The van der Waals surface area contributed by atoms with E-state index in [-0.39, 0.29) is 0 Å². The van der Waals surface area contributed by atoms with Crippen molar-refractivity contribution in [1.82, 2.24) is 4.90 Å². The highest BCUT2D eigenvalue weighted by atomic mass is 28.2. The van der Waals surface area contributed by atoms with Crippen molar-refractivity contribution in [2.24, 2.45) is 0 Å². The second kappa shape index (κ2) is 5.80. The lowest BCUT2D eigenvalue weighted by Gasteiger charge is -2.13. The van der Waals surface area contributed by atoms with Crippen LogP contribution in [0.25, 0.3) is 0 Å². The summed E-state index contributed by atoms with van der Waals surface area (Å²) in [7, 11) is 4.98. The molecule has 0 saturated heterocycles. The highest BCUT2D eigenvalue weighted by Crippen LogP contribution is 1.98. The topological polar surface area (TPSA) is 3.24 Å². The molecule has 2 aromatic rings. The van der Waals surface area contributed by atoms with Crippen molar-refractivity contribution in [1.29, 1.82) is 0 Å². The molecule has 0 amide bonds. The van der Waals surface area contributed by atoms with Crippen molar-refractivity contribution in [2.75, 3.05) is 14.1 Å². The Balaban J connectivity index is 2.20. The molecule has 0 unspecified atom stereocenters. The summed E-state index contributed by atoms with van der Waals surface area (Å²) in [6, 6.07) is 19.4. The van der Waals surface area contributed by atoms with E-state index in [2.05, 4.69) is 73.6 Å². The first-order valence-electron chi connectivity index (χ1n) is 5.80. The van der Waals surface area contributed by atoms with E-state index in [1.165, 1.54) is 15.9 Å². The Morgan fingerprint density at radius 2 is 1.53 bits per heavy atom. The summed E-state index contributed by atoms with van der Waals surface area (Å²) in [5, 5.41) is 2.85. The Kier molecular flexibility index (Phi) is 4.12. The molecule has 0 saturated carbocycles. The SMILES string of the molecule is CN(C)Cc1ccccc1[Si]c1ccccc1. The van der Waals surface area contributed by atoms with E-state index in [1.54, 1.807) is 0 Å². The monoisotopic (exact) mass is 239 g/mol. The molecule has 0 atom stereocenters. The smallest absolute Gasteiger partial charge is 0.121 e. The number of rotatable bonds is 4. The van der Waals surface area contributed by atoms with Crippen LogP contribution in [0.5, 0.6) is 0 Å². The standard InChI is InChI=1S/C15H17NSi/c1-16(2)12-13-8-6-7-11-15(13)17-14-9-4-3-5-10-14/h3-11H,12H2,1-2H3. The highest BCUT2D eigenvalue weighted by Gasteiger charge is 2.04. The number of nitrogens with zero attached hydrogens (tertiary/aromatic N) is 1. The van der Waals surface area contributed by atoms with Gasteiger partial charge in [-0.2, -0.15) is 0 Å². The molecule has 0 aliphatic carbocycles. The maximum absolute atomic E-state index is 2.24. The molecule has 2 rings (SSSR count). The highest BCUT2D eigenvalue weighted by molar-refractivity contribution is 6.67. The minimum atomic E-state index is 0.748. The predicted molar refractivity (Wildman–Crippen MR) is 75.3 cm³/mol. The van der Waals surface area contributed by atoms with Crippen LogP contribution in [0.4, 0.5) is 0 Å². The third-order valence-electron chi connectivity index (χ3n) is 2.56. The first kappa shape index (κ1) is 12.1. The molecular formula is C15H17NSi. The molecule has 0 N–H and O–H groups in total. The van der Waals surface area contributed by atoms with Crippen LogP contribution in [0, 0.1) is 0 Å². The van der Waals surface area contributed by atoms with Gasteiger partial charge in [0.1, 0.15) is 9.52 Å². The van der Waals surface area contributed by atoms with Gasteiger partial charge in [-0.25, -0.2) is 0 Å². The molecule has 0 heterocycles. The van der Waals surface area contributed by atoms with Crippen LogP contribution in [-0.2, 0) is 6.54 Å². The predicted octanol–water partition coefficient (Wildman–Crippen LogP) is 1.40. The Bertz CT molecular complexity index is 465. The van der Waals surface area contributed by atoms with E-state index < -0.39 is 0 Å². The van der Waals surface area contributed by atoms with Gasteiger partial charge in [-0.3, -0.25) is 0 Å². The quantitative estimate of drug-likeness (QED) is 0.729. The van der Waals surface area contributed by atoms with Gasteiger partial charge < -0.3 is 4.90 Å². The number of hydrogen-bond donors (Lipinski definition) is 0. The summed E-state index contributed by atoms with van der Waals surface area (Å²) in [6.45, 7) is 1.01. The first-order chi connectivity index (χ1) is 8.25. The number of benzene rings is 2. The third-order valence-corrected chi connectivity index (χ3v) is 3.94. The van der Waals surface area contributed by atoms with Crippen LogP contribution in [0.15, 0.2) is 54.6 Å². The van der Waals surface area contributed by atoms with E-state index in [4.69, 9.17) is 0 Å². The minimum Gasteiger partial charge on any atom is -0.305 e. The van der Waals surface area contributed by atoms with Crippen LogP contribution in [0.3, 0.4) is 0 Å². The second-order valence-electron chi connectivity index (χ2n) is 4.39. The Morgan fingerprint density at radius 3 is 2.24 bits per heavy atom. The largest absolute Gasteiger partial charge is 0.305 e. The molecule has 0 bridgehead atoms. The lowest BCUT2D eigenvalue weighted by Crippen LogP contribution is -2.31. The Labute approximate surface area is 106 Å². The van der Waals surface area contributed by atoms with Crippen LogP contribution in [0.2, 0.25) is 0 Å². The summed E-state index contributed by atoms with van der Waals surface area (Å²) in [4.78, 5) is 2.22. The Hall–Kier alpha value is -1.38. The molecule has 0 aliphatic rings. The van der Waals surface area contributed by atoms with Gasteiger partial charge in [-0.05, 0) is 19.7 Å². The van der Waals surface area contributed by atoms with Crippen molar-refractivity contribution in [2.45, 2.75) is 6.54 Å². The van der Waals surface area contributed by atoms with Crippen molar-refractivity contribution < 1.29 is 0 Å². The molecule has 1 nitrogen and oxygen atoms in total. The van der Waals surface area contributed by atoms with Gasteiger partial charge >= 0.3 is 0 Å². The van der Waals surface area contributed by atoms with Gasteiger partial charge in [-0.15, -0.1) is 0 Å². The zero-order valence-electron chi connectivity index (χ0n) is 10.4. The summed E-state index contributed by atoms with van der Waals surface area (Å²) >= 11 is 0. The third kappa shape index (κ3) is 3.55. The number of hydrogen-bond acceptors (Lipinski definition) is 1. The van der Waals surface area contributed by atoms with Crippen LogP contribution < -0.4 is 10.4 Å². The van der Waals surface area contributed by atoms with E-state index in [1.807, 2.05) is 0 Å². The molecular weight excluding hydrogens is 222 g/mol. The van der Waals surface area contributed by atoms with Crippen LogP contribution in [0.1, 0.15) is 5.56 Å². The molecule has 0 aromatic heterocycles. The fourth-order valence-electron chi connectivity index (χ4n) is 1.80. The average molecular weight is 239 g/mol. The van der Waals surface area contributed by atoms with E-state index in [0.717, 1.165) is 16.1 Å². The van der Waals surface area contributed by atoms with Crippen LogP contribution in [-0.4, -0.2) is 28.5 Å². The van der Waals surface area contributed by atoms with Crippen molar-refractivity contribution in [3.8, 4) is 0 Å². The summed E-state index contributed by atoms with van der Waals surface area (Å²) in [5.41, 5.74) is 1.43. The van der Waals surface area contributed by atoms with Gasteiger partial charge in [0.15, 0.2) is 0 Å². The fraction of sp³-hybridized carbons (Fsp3) is 0.200. The first-order valence-corrected chi connectivity index (χ1v) is 6.80. The maximum atomic E-state index is 2.24. The van der Waals surface area contributed by atoms with Gasteiger partial charge in [0, 0.05) is 6.54 Å². The molecule has 17 heavy (non-hydrogen) atoms. The molecule has 0 fully saturated rings. The van der Waals surface area contributed by atoms with Gasteiger partial charge in [0.05, 0.1) is 0 Å². The second-order valence-corrected chi connectivity index (χ2v) is 5.75. The van der Waals surface area contributed by atoms with Crippen molar-refractivity contribution >= 4 is 19.9 Å². The van der Waals surface area contributed by atoms with E-state index >= 15 is 0 Å². The molecule has 86 valence electrons. The molecule has 2 heteroatoms. The zero-order chi connectivity index (χ0) is 12.1. The maximum Gasteiger partial charge on any atom is 0.121 e. The minimum absolute atomic E-state index is 0.748. The lowest BCUT2D eigenvalue weighted by molar-refractivity contribution is 0.403. The lowest BCUT2D eigenvalue weighted by atomic mass is 10.2. The Morgan fingerprint density at radius 1 is 0.882 bits per heavy atom. The molecule has 2 aromatic carbocycles. The fourth-order valence-corrected chi connectivity index (χ4v) is 2.97. The molecule has 0 spiro atoms. The molecule has 0 aliphatic heterocycles. The normalized spacial score (nSPS) is 10.8. The van der Waals surface area contributed by atoms with Crippen molar-refractivity contribution in [3.05, 3.63) is 60.2 Å². The van der Waals surface area contributed by atoms with Gasteiger partial charge in [0.25, 0.3) is 0 Å². The van der Waals surface area contributed by atoms with E-state index in [0.29, 0.717) is 0 Å². The van der Waals surface area contributed by atoms with Crippen LogP contribution >= 0.6 is 0 Å². The summed E-state index contributed by atoms with van der Waals surface area (Å²) in [6.07, 6.45) is 0. The summed E-state index contributed by atoms with van der Waals surface area (Å²) in [5.74, 6) is 0. The van der Waals surface area contributed by atoms with E-state index in [9.17, 15) is 0 Å². The average Bonchev–Trinajstić information content (AvgIpc) is 2.32. The zero-order valence-corrected chi connectivity index (χ0v) is 11.4.